The number of anilines is 1. The Labute approximate surface area is 171 Å². The summed E-state index contributed by atoms with van der Waals surface area (Å²) in [6, 6.07) is 9.58. The van der Waals surface area contributed by atoms with Crippen molar-refractivity contribution in [3.63, 3.8) is 0 Å². The minimum absolute atomic E-state index is 0.0164. The maximum atomic E-state index is 14.7. The summed E-state index contributed by atoms with van der Waals surface area (Å²) in [7, 11) is 0. The van der Waals surface area contributed by atoms with E-state index in [0.29, 0.717) is 5.69 Å². The van der Waals surface area contributed by atoms with Crippen molar-refractivity contribution in [3.05, 3.63) is 71.2 Å². The first-order valence-electron chi connectivity index (χ1n) is 8.86. The number of rotatable bonds is 5. The van der Waals surface area contributed by atoms with E-state index in [9.17, 15) is 14.0 Å². The molecule has 0 saturated carbocycles. The van der Waals surface area contributed by atoms with Gasteiger partial charge in [0.1, 0.15) is 5.82 Å². The highest BCUT2D eigenvalue weighted by Gasteiger charge is 2.37. The van der Waals surface area contributed by atoms with Gasteiger partial charge in [-0.15, -0.1) is 5.10 Å². The average Bonchev–Trinajstić information content (AvgIpc) is 3.20. The molecule has 0 bridgehead atoms. The van der Waals surface area contributed by atoms with Crippen molar-refractivity contribution in [2.45, 2.75) is 32.4 Å². The highest BCUT2D eigenvalue weighted by molar-refractivity contribution is 7.03. The summed E-state index contributed by atoms with van der Waals surface area (Å²) in [6.07, 6.45) is 1.51. The van der Waals surface area contributed by atoms with E-state index < -0.39 is 29.2 Å². The number of amides is 2. The molecule has 0 aliphatic heterocycles. The predicted molar refractivity (Wildman–Crippen MR) is 108 cm³/mol. The van der Waals surface area contributed by atoms with E-state index in [0.717, 1.165) is 16.4 Å². The van der Waals surface area contributed by atoms with Gasteiger partial charge in [-0.25, -0.2) is 4.39 Å². The summed E-state index contributed by atoms with van der Waals surface area (Å²) < 4.78 is 18.5. The summed E-state index contributed by atoms with van der Waals surface area (Å²) in [5.74, 6) is -1.78. The van der Waals surface area contributed by atoms with Crippen LogP contribution in [0.2, 0.25) is 0 Å². The number of pyridine rings is 1. The highest BCUT2D eigenvalue weighted by atomic mass is 32.1. The second kappa shape index (κ2) is 8.44. The molecule has 1 atom stereocenters. The molecule has 3 rings (SSSR count). The first-order chi connectivity index (χ1) is 13.8. The Morgan fingerprint density at radius 2 is 1.86 bits per heavy atom. The summed E-state index contributed by atoms with van der Waals surface area (Å²) >= 11 is 0.992. The Morgan fingerprint density at radius 3 is 2.45 bits per heavy atom. The van der Waals surface area contributed by atoms with Crippen LogP contribution >= 0.6 is 11.5 Å². The third-order valence-electron chi connectivity index (χ3n) is 3.88. The van der Waals surface area contributed by atoms with Gasteiger partial charge < -0.3 is 5.32 Å². The molecule has 2 amide bonds. The number of benzene rings is 1. The van der Waals surface area contributed by atoms with Crippen LogP contribution in [0.25, 0.3) is 0 Å². The Kier molecular flexibility index (Phi) is 5.97. The lowest BCUT2D eigenvalue weighted by Gasteiger charge is -2.32. The van der Waals surface area contributed by atoms with Crippen LogP contribution in [0.1, 0.15) is 43.0 Å². The average molecular weight is 413 g/mol. The lowest BCUT2D eigenvalue weighted by molar-refractivity contribution is -0.124. The van der Waals surface area contributed by atoms with Crippen molar-refractivity contribution in [3.8, 4) is 0 Å². The van der Waals surface area contributed by atoms with Gasteiger partial charge in [0.25, 0.3) is 5.91 Å². The Bertz CT molecular complexity index is 990. The number of nitrogens with zero attached hydrogens (tertiary/aromatic N) is 4. The van der Waals surface area contributed by atoms with Crippen LogP contribution in [0.15, 0.2) is 54.0 Å². The van der Waals surface area contributed by atoms with Gasteiger partial charge in [-0.2, -0.15) is 0 Å². The van der Waals surface area contributed by atoms with Crippen molar-refractivity contribution in [2.24, 2.45) is 0 Å². The molecule has 150 valence electrons. The van der Waals surface area contributed by atoms with Crippen LogP contribution in [0, 0.1) is 5.82 Å². The van der Waals surface area contributed by atoms with E-state index in [1.165, 1.54) is 29.8 Å². The monoisotopic (exact) mass is 413 g/mol. The number of halogens is 1. The van der Waals surface area contributed by atoms with Crippen LogP contribution in [-0.2, 0) is 4.79 Å². The number of carbonyl (C=O) groups is 2. The molecule has 0 unspecified atom stereocenters. The molecule has 29 heavy (non-hydrogen) atoms. The standard InChI is InChI=1S/C20H20FN5O2S/c1-20(2,3)23-18(27)17(14-9-6-7-11-22-14)26(16-10-5-4-8-13(16)21)19(28)15-12-29-25-24-15/h4-12,17H,1-3H3,(H,23,27)/t17-/m1/s1. The van der Waals surface area contributed by atoms with Crippen LogP contribution in [-0.4, -0.2) is 31.9 Å². The second-order valence-corrected chi connectivity index (χ2v) is 7.92. The zero-order chi connectivity index (χ0) is 21.0. The topological polar surface area (TPSA) is 88.1 Å². The number of hydrogen-bond acceptors (Lipinski definition) is 6. The molecule has 9 heteroatoms. The number of aromatic nitrogens is 3. The van der Waals surface area contributed by atoms with Crippen molar-refractivity contribution >= 4 is 29.0 Å². The van der Waals surface area contributed by atoms with Gasteiger partial charge >= 0.3 is 0 Å². The second-order valence-electron chi connectivity index (χ2n) is 7.31. The van der Waals surface area contributed by atoms with Crippen LogP contribution < -0.4 is 10.2 Å². The molecule has 0 saturated heterocycles. The van der Waals surface area contributed by atoms with E-state index in [-0.39, 0.29) is 11.4 Å². The zero-order valence-electron chi connectivity index (χ0n) is 16.2. The Morgan fingerprint density at radius 1 is 1.14 bits per heavy atom. The largest absolute Gasteiger partial charge is 0.349 e. The van der Waals surface area contributed by atoms with Crippen molar-refractivity contribution in [1.29, 1.82) is 0 Å². The normalized spacial score (nSPS) is 12.3. The number of nitrogens with one attached hydrogen (secondary N) is 1. The minimum Gasteiger partial charge on any atom is -0.349 e. The van der Waals surface area contributed by atoms with Crippen molar-refractivity contribution < 1.29 is 14.0 Å². The molecule has 2 aromatic heterocycles. The number of hydrogen-bond donors (Lipinski definition) is 1. The first-order valence-corrected chi connectivity index (χ1v) is 9.69. The van der Waals surface area contributed by atoms with E-state index in [1.54, 1.807) is 24.3 Å². The van der Waals surface area contributed by atoms with E-state index >= 15 is 0 Å². The lowest BCUT2D eigenvalue weighted by atomic mass is 10.0. The molecular formula is C20H20FN5O2S. The summed E-state index contributed by atoms with van der Waals surface area (Å²) in [6.45, 7) is 5.46. The van der Waals surface area contributed by atoms with Gasteiger partial charge in [-0.1, -0.05) is 22.7 Å². The molecule has 1 N–H and O–H groups in total. The highest BCUT2D eigenvalue weighted by Crippen LogP contribution is 2.31. The molecule has 0 aliphatic carbocycles. The summed E-state index contributed by atoms with van der Waals surface area (Å²) in [5, 5.41) is 8.12. The Hall–Kier alpha value is -3.20. The van der Waals surface area contributed by atoms with Crippen LogP contribution in [0.4, 0.5) is 10.1 Å². The van der Waals surface area contributed by atoms with Gasteiger partial charge in [-0.3, -0.25) is 19.5 Å². The summed E-state index contributed by atoms with van der Waals surface area (Å²) in [5.41, 5.74) is -0.307. The maximum Gasteiger partial charge on any atom is 0.280 e. The number of para-hydroxylation sites is 1. The predicted octanol–water partition coefficient (Wildman–Crippen LogP) is 3.38. The summed E-state index contributed by atoms with van der Waals surface area (Å²) in [4.78, 5) is 31.9. The zero-order valence-corrected chi connectivity index (χ0v) is 17.0. The lowest BCUT2D eigenvalue weighted by Crippen LogP contribution is -2.50. The van der Waals surface area contributed by atoms with E-state index in [4.69, 9.17) is 0 Å². The molecule has 0 spiro atoms. The number of carbonyl (C=O) groups excluding carboxylic acids is 2. The van der Waals surface area contributed by atoms with Crippen molar-refractivity contribution in [2.75, 3.05) is 4.90 Å². The molecule has 0 aliphatic rings. The van der Waals surface area contributed by atoms with Gasteiger partial charge in [0.2, 0.25) is 5.91 Å². The van der Waals surface area contributed by atoms with Gasteiger partial charge in [0, 0.05) is 17.1 Å². The van der Waals surface area contributed by atoms with Crippen LogP contribution in [0.5, 0.6) is 0 Å². The van der Waals surface area contributed by atoms with Gasteiger partial charge in [0.15, 0.2) is 11.7 Å². The van der Waals surface area contributed by atoms with Gasteiger partial charge in [-0.05, 0) is 56.6 Å². The first kappa shape index (κ1) is 20.5. The molecule has 3 aromatic rings. The molecule has 0 fully saturated rings. The van der Waals surface area contributed by atoms with Crippen LogP contribution in [0.3, 0.4) is 0 Å². The smallest absolute Gasteiger partial charge is 0.280 e. The van der Waals surface area contributed by atoms with Gasteiger partial charge in [0.05, 0.1) is 11.4 Å². The van der Waals surface area contributed by atoms with E-state index in [2.05, 4.69) is 19.9 Å². The minimum atomic E-state index is -1.21. The fourth-order valence-corrected chi connectivity index (χ4v) is 3.18. The molecule has 7 nitrogen and oxygen atoms in total. The maximum absolute atomic E-state index is 14.7. The fourth-order valence-electron chi connectivity index (χ4n) is 2.75. The van der Waals surface area contributed by atoms with Crippen molar-refractivity contribution in [1.82, 2.24) is 19.9 Å². The fraction of sp³-hybridized carbons (Fsp3) is 0.250. The Balaban J connectivity index is 2.18. The quantitative estimate of drug-likeness (QED) is 0.693. The third kappa shape index (κ3) is 4.80. The SMILES string of the molecule is CC(C)(C)NC(=O)[C@@H](c1ccccn1)N(C(=O)c1csnn1)c1ccccc1F. The molecular weight excluding hydrogens is 393 g/mol. The molecule has 2 heterocycles. The molecule has 1 aromatic carbocycles. The van der Waals surface area contributed by atoms with E-state index in [1.807, 2.05) is 20.8 Å². The third-order valence-corrected chi connectivity index (χ3v) is 4.39. The molecule has 0 radical (unpaired) electrons.